The van der Waals surface area contributed by atoms with Crippen LogP contribution in [0.2, 0.25) is 5.02 Å². The van der Waals surface area contributed by atoms with Gasteiger partial charge in [0.25, 0.3) is 0 Å². The van der Waals surface area contributed by atoms with Crippen molar-refractivity contribution in [3.8, 4) is 0 Å². The predicted molar refractivity (Wildman–Crippen MR) is 90.6 cm³/mol. The SMILES string of the molecule is Clc1ccc(Nc2cnnc(N3CCC4(CC3)OCCO4)n2)cc1. The Hall–Kier alpha value is -1.96. The smallest absolute Gasteiger partial charge is 0.247 e. The van der Waals surface area contributed by atoms with Crippen LogP contribution in [0.25, 0.3) is 0 Å². The lowest BCUT2D eigenvalue weighted by Crippen LogP contribution is -2.45. The molecule has 1 aromatic heterocycles. The minimum atomic E-state index is -0.400. The zero-order valence-corrected chi connectivity index (χ0v) is 13.9. The van der Waals surface area contributed by atoms with Crippen LogP contribution in [0.4, 0.5) is 17.5 Å². The first-order valence-electron chi connectivity index (χ1n) is 7.98. The van der Waals surface area contributed by atoms with E-state index in [0.717, 1.165) is 31.6 Å². The molecule has 8 heteroatoms. The lowest BCUT2D eigenvalue weighted by molar-refractivity contribution is -0.169. The number of nitrogens with zero attached hydrogens (tertiary/aromatic N) is 4. The van der Waals surface area contributed by atoms with Crippen molar-refractivity contribution in [3.05, 3.63) is 35.5 Å². The molecule has 2 aliphatic rings. The van der Waals surface area contributed by atoms with Crippen LogP contribution in [0, 0.1) is 0 Å². The van der Waals surface area contributed by atoms with Gasteiger partial charge in [0.15, 0.2) is 11.6 Å². The van der Waals surface area contributed by atoms with E-state index in [0.29, 0.717) is 30.0 Å². The molecular weight excluding hydrogens is 330 g/mol. The van der Waals surface area contributed by atoms with Crippen LogP contribution in [0.5, 0.6) is 0 Å². The summed E-state index contributed by atoms with van der Waals surface area (Å²) >= 11 is 5.90. The lowest BCUT2D eigenvalue weighted by atomic mass is 10.0. The number of nitrogens with one attached hydrogen (secondary N) is 1. The Balaban J connectivity index is 1.44. The molecule has 0 bridgehead atoms. The fraction of sp³-hybridized carbons (Fsp3) is 0.438. The predicted octanol–water partition coefficient (Wildman–Crippen LogP) is 2.61. The number of rotatable bonds is 3. The highest BCUT2D eigenvalue weighted by molar-refractivity contribution is 6.30. The summed E-state index contributed by atoms with van der Waals surface area (Å²) in [7, 11) is 0. The Morgan fingerprint density at radius 2 is 1.79 bits per heavy atom. The number of hydrogen-bond acceptors (Lipinski definition) is 7. The summed E-state index contributed by atoms with van der Waals surface area (Å²) in [5, 5.41) is 12.1. The van der Waals surface area contributed by atoms with Crippen LogP contribution in [0.3, 0.4) is 0 Å². The third-order valence-electron chi connectivity index (χ3n) is 4.29. The average Bonchev–Trinajstić information content (AvgIpc) is 3.06. The van der Waals surface area contributed by atoms with E-state index in [2.05, 4.69) is 25.4 Å². The summed E-state index contributed by atoms with van der Waals surface area (Å²) in [6, 6.07) is 7.43. The Morgan fingerprint density at radius 1 is 1.08 bits per heavy atom. The van der Waals surface area contributed by atoms with Gasteiger partial charge in [0.2, 0.25) is 5.95 Å². The van der Waals surface area contributed by atoms with E-state index in [1.54, 1.807) is 6.20 Å². The van der Waals surface area contributed by atoms with Crippen LogP contribution in [0.15, 0.2) is 30.5 Å². The Labute approximate surface area is 144 Å². The summed E-state index contributed by atoms with van der Waals surface area (Å²) in [4.78, 5) is 6.66. The molecular formula is C16H18ClN5O2. The molecule has 2 aromatic rings. The molecule has 3 heterocycles. The van der Waals surface area contributed by atoms with Crippen LogP contribution in [0.1, 0.15) is 12.8 Å². The molecule has 0 unspecified atom stereocenters. The van der Waals surface area contributed by atoms with Gasteiger partial charge in [-0.1, -0.05) is 11.6 Å². The topological polar surface area (TPSA) is 72.4 Å². The quantitative estimate of drug-likeness (QED) is 0.914. The van der Waals surface area contributed by atoms with E-state index in [1.165, 1.54) is 0 Å². The number of ether oxygens (including phenoxy) is 2. The number of aromatic nitrogens is 3. The summed E-state index contributed by atoms with van der Waals surface area (Å²) in [6.45, 7) is 2.93. The molecule has 0 saturated carbocycles. The van der Waals surface area contributed by atoms with E-state index in [1.807, 2.05) is 24.3 Å². The Bertz CT molecular complexity index is 696. The highest BCUT2D eigenvalue weighted by Crippen LogP contribution is 2.32. The second-order valence-corrected chi connectivity index (χ2v) is 6.30. The summed E-state index contributed by atoms with van der Waals surface area (Å²) in [5.74, 6) is 0.862. The fourth-order valence-corrected chi connectivity index (χ4v) is 3.13. The first kappa shape index (κ1) is 15.6. The standard InChI is InChI=1S/C16H18ClN5O2/c17-12-1-3-13(4-2-12)19-14-11-18-21-15(20-14)22-7-5-16(6-8-22)23-9-10-24-16/h1-4,11H,5-10H2,(H,19,20,21). The summed E-state index contributed by atoms with van der Waals surface area (Å²) in [6.07, 6.45) is 3.23. The van der Waals surface area contributed by atoms with Gasteiger partial charge in [-0.3, -0.25) is 0 Å². The van der Waals surface area contributed by atoms with Gasteiger partial charge in [-0.05, 0) is 24.3 Å². The fourth-order valence-electron chi connectivity index (χ4n) is 3.00. The Kier molecular flexibility index (Phi) is 4.22. The third kappa shape index (κ3) is 3.28. The summed E-state index contributed by atoms with van der Waals surface area (Å²) < 4.78 is 11.5. The maximum atomic E-state index is 5.90. The van der Waals surface area contributed by atoms with Crippen molar-refractivity contribution in [2.75, 3.05) is 36.5 Å². The van der Waals surface area contributed by atoms with Crippen molar-refractivity contribution in [1.29, 1.82) is 0 Å². The molecule has 0 atom stereocenters. The molecule has 2 aliphatic heterocycles. The largest absolute Gasteiger partial charge is 0.347 e. The number of piperidine rings is 1. The second-order valence-electron chi connectivity index (χ2n) is 5.87. The second kappa shape index (κ2) is 6.51. The van der Waals surface area contributed by atoms with E-state index in [9.17, 15) is 0 Å². The molecule has 7 nitrogen and oxygen atoms in total. The molecule has 2 fully saturated rings. The average molecular weight is 348 g/mol. The molecule has 1 aromatic carbocycles. The van der Waals surface area contributed by atoms with Crippen LogP contribution >= 0.6 is 11.6 Å². The van der Waals surface area contributed by atoms with Crippen molar-refractivity contribution >= 4 is 29.1 Å². The first-order valence-corrected chi connectivity index (χ1v) is 8.35. The molecule has 0 radical (unpaired) electrons. The van der Waals surface area contributed by atoms with E-state index in [-0.39, 0.29) is 0 Å². The molecule has 126 valence electrons. The molecule has 1 N–H and O–H groups in total. The van der Waals surface area contributed by atoms with Gasteiger partial charge >= 0.3 is 0 Å². The van der Waals surface area contributed by atoms with Crippen molar-refractivity contribution in [1.82, 2.24) is 15.2 Å². The molecule has 4 rings (SSSR count). The van der Waals surface area contributed by atoms with Gasteiger partial charge in [-0.2, -0.15) is 10.1 Å². The number of anilines is 3. The molecule has 1 spiro atoms. The third-order valence-corrected chi connectivity index (χ3v) is 4.54. The number of halogens is 1. The number of benzene rings is 1. The lowest BCUT2D eigenvalue weighted by Gasteiger charge is -2.37. The summed E-state index contributed by atoms with van der Waals surface area (Å²) in [5.41, 5.74) is 0.899. The monoisotopic (exact) mass is 347 g/mol. The van der Waals surface area contributed by atoms with Gasteiger partial charge in [-0.15, -0.1) is 5.10 Å². The van der Waals surface area contributed by atoms with Crippen LogP contribution in [-0.2, 0) is 9.47 Å². The molecule has 24 heavy (non-hydrogen) atoms. The molecule has 0 aliphatic carbocycles. The molecule has 0 amide bonds. The van der Waals surface area contributed by atoms with Gasteiger partial charge in [0, 0.05) is 36.6 Å². The first-order chi connectivity index (χ1) is 11.7. The highest BCUT2D eigenvalue weighted by atomic mass is 35.5. The zero-order chi connectivity index (χ0) is 16.4. The number of hydrogen-bond donors (Lipinski definition) is 1. The van der Waals surface area contributed by atoms with E-state index in [4.69, 9.17) is 21.1 Å². The molecule has 2 saturated heterocycles. The minimum Gasteiger partial charge on any atom is -0.347 e. The maximum absolute atomic E-state index is 5.90. The maximum Gasteiger partial charge on any atom is 0.247 e. The van der Waals surface area contributed by atoms with E-state index < -0.39 is 5.79 Å². The van der Waals surface area contributed by atoms with Crippen molar-refractivity contribution in [2.24, 2.45) is 0 Å². The normalized spacial score (nSPS) is 19.6. The van der Waals surface area contributed by atoms with Crippen LogP contribution < -0.4 is 10.2 Å². The van der Waals surface area contributed by atoms with Gasteiger partial charge in [0.05, 0.1) is 19.4 Å². The van der Waals surface area contributed by atoms with Crippen molar-refractivity contribution < 1.29 is 9.47 Å². The Morgan fingerprint density at radius 3 is 2.50 bits per heavy atom. The highest BCUT2D eigenvalue weighted by Gasteiger charge is 2.40. The van der Waals surface area contributed by atoms with Crippen molar-refractivity contribution in [3.63, 3.8) is 0 Å². The minimum absolute atomic E-state index is 0.400. The van der Waals surface area contributed by atoms with E-state index >= 15 is 0 Å². The van der Waals surface area contributed by atoms with Crippen molar-refractivity contribution in [2.45, 2.75) is 18.6 Å². The van der Waals surface area contributed by atoms with Gasteiger partial charge in [-0.25, -0.2) is 0 Å². The van der Waals surface area contributed by atoms with Gasteiger partial charge in [0.1, 0.15) is 0 Å². The zero-order valence-electron chi connectivity index (χ0n) is 13.1. The van der Waals surface area contributed by atoms with Crippen LogP contribution in [-0.4, -0.2) is 47.3 Å². The van der Waals surface area contributed by atoms with Gasteiger partial charge < -0.3 is 19.7 Å².